The molecule has 0 aromatic rings. The molecule has 0 spiro atoms. The van der Waals surface area contributed by atoms with Crippen LogP contribution in [0.4, 0.5) is 4.79 Å². The highest BCUT2D eigenvalue weighted by atomic mass is 16.4. The summed E-state index contributed by atoms with van der Waals surface area (Å²) in [5, 5.41) is 8.85. The van der Waals surface area contributed by atoms with E-state index < -0.39 is 5.97 Å². The number of piperidine rings is 1. The van der Waals surface area contributed by atoms with Gasteiger partial charge in [-0.25, -0.2) is 4.79 Å². The molecule has 5 heteroatoms. The number of rotatable bonds is 4. The first-order chi connectivity index (χ1) is 9.99. The standard InChI is InChI=1S/C16H28N2O3/c1-3-16(4-2)6-9-17(10-7-16)15(21)18-8-5-13(12-18)11-14(19)20/h13H,3-12H2,1-2H3,(H,19,20). The van der Waals surface area contributed by atoms with Gasteiger partial charge in [-0.2, -0.15) is 0 Å². The number of carboxylic acids is 1. The predicted octanol–water partition coefficient (Wildman–Crippen LogP) is 2.81. The molecule has 0 bridgehead atoms. The molecule has 5 nitrogen and oxygen atoms in total. The van der Waals surface area contributed by atoms with Crippen molar-refractivity contribution >= 4 is 12.0 Å². The lowest BCUT2D eigenvalue weighted by molar-refractivity contribution is -0.138. The van der Waals surface area contributed by atoms with Crippen LogP contribution >= 0.6 is 0 Å². The molecule has 1 atom stereocenters. The molecule has 2 aliphatic heterocycles. The van der Waals surface area contributed by atoms with Gasteiger partial charge in [0.2, 0.25) is 0 Å². The smallest absolute Gasteiger partial charge is 0.320 e. The Morgan fingerprint density at radius 2 is 1.71 bits per heavy atom. The summed E-state index contributed by atoms with van der Waals surface area (Å²) in [5.41, 5.74) is 0.424. The highest BCUT2D eigenvalue weighted by molar-refractivity contribution is 5.75. The fourth-order valence-corrected chi connectivity index (χ4v) is 3.75. The van der Waals surface area contributed by atoms with Crippen LogP contribution in [0.15, 0.2) is 0 Å². The number of hydrogen-bond acceptors (Lipinski definition) is 2. The van der Waals surface area contributed by atoms with E-state index in [1.165, 1.54) is 12.8 Å². The van der Waals surface area contributed by atoms with Crippen LogP contribution < -0.4 is 0 Å². The lowest BCUT2D eigenvalue weighted by Gasteiger charge is -2.42. The van der Waals surface area contributed by atoms with E-state index in [0.717, 1.165) is 32.4 Å². The van der Waals surface area contributed by atoms with Gasteiger partial charge in [0.15, 0.2) is 0 Å². The number of amides is 2. The summed E-state index contributed by atoms with van der Waals surface area (Å²) >= 11 is 0. The van der Waals surface area contributed by atoms with Gasteiger partial charge >= 0.3 is 12.0 Å². The number of carbonyl (C=O) groups excluding carboxylic acids is 1. The minimum atomic E-state index is -0.761. The maximum absolute atomic E-state index is 12.5. The van der Waals surface area contributed by atoms with Gasteiger partial charge in [-0.3, -0.25) is 4.79 Å². The van der Waals surface area contributed by atoms with Gasteiger partial charge < -0.3 is 14.9 Å². The van der Waals surface area contributed by atoms with Gasteiger partial charge in [-0.1, -0.05) is 26.7 Å². The van der Waals surface area contributed by atoms with Crippen molar-refractivity contribution in [1.29, 1.82) is 0 Å². The molecule has 2 rings (SSSR count). The third-order valence-corrected chi connectivity index (χ3v) is 5.61. The molecule has 0 radical (unpaired) electrons. The zero-order chi connectivity index (χ0) is 15.5. The van der Waals surface area contributed by atoms with Gasteiger partial charge in [0, 0.05) is 32.6 Å². The van der Waals surface area contributed by atoms with Crippen LogP contribution in [0.2, 0.25) is 0 Å². The van der Waals surface area contributed by atoms with E-state index in [1.807, 2.05) is 9.80 Å². The van der Waals surface area contributed by atoms with Gasteiger partial charge in [-0.15, -0.1) is 0 Å². The summed E-state index contributed by atoms with van der Waals surface area (Å²) in [7, 11) is 0. The third-order valence-electron chi connectivity index (χ3n) is 5.61. The van der Waals surface area contributed by atoms with Crippen LogP contribution in [-0.4, -0.2) is 53.1 Å². The molecule has 0 aromatic carbocycles. The van der Waals surface area contributed by atoms with Crippen molar-refractivity contribution in [2.75, 3.05) is 26.2 Å². The zero-order valence-corrected chi connectivity index (χ0v) is 13.3. The molecular weight excluding hydrogens is 268 g/mol. The van der Waals surface area contributed by atoms with E-state index in [2.05, 4.69) is 13.8 Å². The summed E-state index contributed by atoms with van der Waals surface area (Å²) in [4.78, 5) is 27.1. The van der Waals surface area contributed by atoms with Gasteiger partial charge in [0.25, 0.3) is 0 Å². The first kappa shape index (κ1) is 16.1. The number of hydrogen-bond donors (Lipinski definition) is 1. The molecule has 1 unspecified atom stereocenters. The van der Waals surface area contributed by atoms with Gasteiger partial charge in [0.1, 0.15) is 0 Å². The minimum Gasteiger partial charge on any atom is -0.481 e. The number of carbonyl (C=O) groups is 2. The molecule has 2 heterocycles. The number of nitrogens with zero attached hydrogens (tertiary/aromatic N) is 2. The Bertz CT molecular complexity index is 383. The molecule has 0 aliphatic carbocycles. The third kappa shape index (κ3) is 3.69. The van der Waals surface area contributed by atoms with Crippen LogP contribution in [0.1, 0.15) is 52.4 Å². The number of likely N-dealkylation sites (tertiary alicyclic amines) is 2. The van der Waals surface area contributed by atoms with Crippen molar-refractivity contribution in [2.45, 2.75) is 52.4 Å². The molecule has 2 amide bonds. The van der Waals surface area contributed by atoms with Crippen molar-refractivity contribution in [3.05, 3.63) is 0 Å². The Hall–Kier alpha value is -1.26. The fraction of sp³-hybridized carbons (Fsp3) is 0.875. The van der Waals surface area contributed by atoms with E-state index >= 15 is 0 Å². The van der Waals surface area contributed by atoms with E-state index in [0.29, 0.717) is 18.5 Å². The Morgan fingerprint density at radius 3 is 2.24 bits per heavy atom. The second-order valence-electron chi connectivity index (χ2n) is 6.68. The Balaban J connectivity index is 1.84. The van der Waals surface area contributed by atoms with Crippen molar-refractivity contribution < 1.29 is 14.7 Å². The molecule has 1 N–H and O–H groups in total. The monoisotopic (exact) mass is 296 g/mol. The summed E-state index contributed by atoms with van der Waals surface area (Å²) in [5.74, 6) is -0.635. The Labute approximate surface area is 127 Å². The maximum atomic E-state index is 12.5. The van der Waals surface area contributed by atoms with Crippen molar-refractivity contribution in [3.8, 4) is 0 Å². The van der Waals surface area contributed by atoms with Crippen LogP contribution in [0.5, 0.6) is 0 Å². The molecular formula is C16H28N2O3. The molecule has 2 fully saturated rings. The van der Waals surface area contributed by atoms with Gasteiger partial charge in [0.05, 0.1) is 0 Å². The van der Waals surface area contributed by atoms with E-state index in [1.54, 1.807) is 0 Å². The highest BCUT2D eigenvalue weighted by Crippen LogP contribution is 2.38. The second-order valence-corrected chi connectivity index (χ2v) is 6.68. The molecule has 0 aromatic heterocycles. The normalized spacial score (nSPS) is 25.1. The van der Waals surface area contributed by atoms with Crippen molar-refractivity contribution in [1.82, 2.24) is 9.80 Å². The van der Waals surface area contributed by atoms with Crippen LogP contribution in [-0.2, 0) is 4.79 Å². The highest BCUT2D eigenvalue weighted by Gasteiger charge is 2.36. The summed E-state index contributed by atoms with van der Waals surface area (Å²) in [6, 6.07) is 0.115. The maximum Gasteiger partial charge on any atom is 0.320 e. The second kappa shape index (κ2) is 6.67. The van der Waals surface area contributed by atoms with Crippen molar-refractivity contribution in [2.24, 2.45) is 11.3 Å². The first-order valence-corrected chi connectivity index (χ1v) is 8.25. The van der Waals surface area contributed by atoms with Gasteiger partial charge in [-0.05, 0) is 30.6 Å². The average molecular weight is 296 g/mol. The summed E-state index contributed by atoms with van der Waals surface area (Å²) < 4.78 is 0. The molecule has 0 saturated carbocycles. The fourth-order valence-electron chi connectivity index (χ4n) is 3.75. The molecule has 21 heavy (non-hydrogen) atoms. The Morgan fingerprint density at radius 1 is 1.10 bits per heavy atom. The largest absolute Gasteiger partial charge is 0.481 e. The summed E-state index contributed by atoms with van der Waals surface area (Å²) in [6.07, 6.45) is 5.57. The number of carboxylic acid groups (broad SMARTS) is 1. The average Bonchev–Trinajstić information content (AvgIpc) is 2.94. The lowest BCUT2D eigenvalue weighted by Crippen LogP contribution is -2.48. The quantitative estimate of drug-likeness (QED) is 0.867. The predicted molar refractivity (Wildman–Crippen MR) is 81.2 cm³/mol. The molecule has 2 saturated heterocycles. The number of aliphatic carboxylic acids is 1. The van der Waals surface area contributed by atoms with Crippen LogP contribution in [0, 0.1) is 11.3 Å². The minimum absolute atomic E-state index is 0.115. The lowest BCUT2D eigenvalue weighted by atomic mass is 9.74. The topological polar surface area (TPSA) is 60.9 Å². The summed E-state index contributed by atoms with van der Waals surface area (Å²) in [6.45, 7) is 7.51. The zero-order valence-electron chi connectivity index (χ0n) is 13.3. The molecule has 2 aliphatic rings. The van der Waals surface area contributed by atoms with Crippen LogP contribution in [0.25, 0.3) is 0 Å². The van der Waals surface area contributed by atoms with Crippen molar-refractivity contribution in [3.63, 3.8) is 0 Å². The van der Waals surface area contributed by atoms with E-state index in [9.17, 15) is 9.59 Å². The number of urea groups is 1. The SMILES string of the molecule is CCC1(CC)CCN(C(=O)N2CCC(CC(=O)O)C2)CC1. The molecule has 120 valence electrons. The first-order valence-electron chi connectivity index (χ1n) is 8.25. The van der Waals surface area contributed by atoms with E-state index in [-0.39, 0.29) is 18.4 Å². The van der Waals surface area contributed by atoms with Crippen LogP contribution in [0.3, 0.4) is 0 Å². The Kier molecular flexibility index (Phi) is 5.12. The van der Waals surface area contributed by atoms with E-state index in [4.69, 9.17) is 5.11 Å².